The van der Waals surface area contributed by atoms with Gasteiger partial charge in [-0.25, -0.2) is 9.97 Å². The molecular weight excluding hydrogens is 364 g/mol. The number of carbonyl (C=O) groups excluding carboxylic acids is 2. The van der Waals surface area contributed by atoms with E-state index in [4.69, 9.17) is 0 Å². The standard InChI is InChI=1S/C23H24N4O2/c1-15(28)16-8-7-9-17(12-16)26-21-13-20(24-14-25-21)22(29)27-19-11-6-5-10-18(19)23(2,3)4/h5-14H,1-4H3,(H,27,29)(H,24,25,26). The molecule has 0 radical (unpaired) electrons. The van der Waals surface area contributed by atoms with Gasteiger partial charge in [0.05, 0.1) is 0 Å². The minimum absolute atomic E-state index is 0.0195. The molecule has 1 heterocycles. The molecule has 29 heavy (non-hydrogen) atoms. The molecule has 0 aliphatic rings. The SMILES string of the molecule is CC(=O)c1cccc(Nc2cc(C(=O)Nc3ccccc3C(C)(C)C)ncn2)c1. The van der Waals surface area contributed by atoms with E-state index in [-0.39, 0.29) is 22.8 Å². The topological polar surface area (TPSA) is 84.0 Å². The lowest BCUT2D eigenvalue weighted by molar-refractivity contribution is 0.101. The Morgan fingerprint density at radius 2 is 1.69 bits per heavy atom. The lowest BCUT2D eigenvalue weighted by Crippen LogP contribution is -2.19. The van der Waals surface area contributed by atoms with Crippen molar-refractivity contribution in [3.63, 3.8) is 0 Å². The Kier molecular flexibility index (Phi) is 5.73. The number of hydrogen-bond donors (Lipinski definition) is 2. The van der Waals surface area contributed by atoms with Crippen LogP contribution in [0.5, 0.6) is 0 Å². The molecule has 3 rings (SSSR count). The highest BCUT2D eigenvalue weighted by molar-refractivity contribution is 6.03. The first-order valence-corrected chi connectivity index (χ1v) is 9.35. The lowest BCUT2D eigenvalue weighted by Gasteiger charge is -2.22. The van der Waals surface area contributed by atoms with Crippen LogP contribution in [0.3, 0.4) is 0 Å². The number of aromatic nitrogens is 2. The van der Waals surface area contributed by atoms with Gasteiger partial charge in [-0.1, -0.05) is 51.1 Å². The van der Waals surface area contributed by atoms with Crippen molar-refractivity contribution in [3.05, 3.63) is 77.7 Å². The third-order valence-corrected chi connectivity index (χ3v) is 4.42. The van der Waals surface area contributed by atoms with Crippen LogP contribution in [0.25, 0.3) is 0 Å². The van der Waals surface area contributed by atoms with E-state index in [1.165, 1.54) is 13.3 Å². The zero-order chi connectivity index (χ0) is 21.0. The summed E-state index contributed by atoms with van der Waals surface area (Å²) in [6.45, 7) is 7.81. The average molecular weight is 388 g/mol. The van der Waals surface area contributed by atoms with Gasteiger partial charge in [0.15, 0.2) is 5.78 Å². The second-order valence-electron chi connectivity index (χ2n) is 7.80. The van der Waals surface area contributed by atoms with Crippen molar-refractivity contribution in [3.8, 4) is 0 Å². The van der Waals surface area contributed by atoms with Crippen LogP contribution in [0.15, 0.2) is 60.9 Å². The predicted octanol–water partition coefficient (Wildman–Crippen LogP) is 4.97. The van der Waals surface area contributed by atoms with Gasteiger partial charge in [-0.3, -0.25) is 9.59 Å². The first-order valence-electron chi connectivity index (χ1n) is 9.35. The molecular formula is C23H24N4O2. The van der Waals surface area contributed by atoms with Crippen molar-refractivity contribution in [2.45, 2.75) is 33.1 Å². The first-order chi connectivity index (χ1) is 13.7. The van der Waals surface area contributed by atoms with Crippen LogP contribution in [-0.4, -0.2) is 21.7 Å². The number of ketones is 1. The number of carbonyl (C=O) groups is 2. The Morgan fingerprint density at radius 3 is 2.41 bits per heavy atom. The van der Waals surface area contributed by atoms with Gasteiger partial charge in [-0.2, -0.15) is 0 Å². The zero-order valence-corrected chi connectivity index (χ0v) is 17.0. The number of anilines is 3. The number of hydrogen-bond acceptors (Lipinski definition) is 5. The highest BCUT2D eigenvalue weighted by Gasteiger charge is 2.19. The zero-order valence-electron chi connectivity index (χ0n) is 17.0. The summed E-state index contributed by atoms with van der Waals surface area (Å²) in [6, 6.07) is 16.4. The number of Topliss-reactive ketones (excluding diaryl/α,β-unsaturated/α-hetero) is 1. The van der Waals surface area contributed by atoms with Crippen molar-refractivity contribution in [1.82, 2.24) is 9.97 Å². The van der Waals surface area contributed by atoms with Crippen LogP contribution in [0.1, 0.15) is 54.1 Å². The molecule has 0 fully saturated rings. The van der Waals surface area contributed by atoms with E-state index in [2.05, 4.69) is 41.4 Å². The molecule has 0 aliphatic carbocycles. The number of amides is 1. The molecule has 0 unspecified atom stereocenters. The second kappa shape index (κ2) is 8.22. The van der Waals surface area contributed by atoms with Gasteiger partial charge < -0.3 is 10.6 Å². The van der Waals surface area contributed by atoms with E-state index in [1.54, 1.807) is 24.3 Å². The maximum atomic E-state index is 12.8. The number of nitrogens with one attached hydrogen (secondary N) is 2. The molecule has 0 bridgehead atoms. The highest BCUT2D eigenvalue weighted by atomic mass is 16.2. The Labute approximate surface area is 170 Å². The molecule has 6 heteroatoms. The van der Waals surface area contributed by atoms with Gasteiger partial charge in [0, 0.05) is 23.0 Å². The van der Waals surface area contributed by atoms with Crippen molar-refractivity contribution in [1.29, 1.82) is 0 Å². The largest absolute Gasteiger partial charge is 0.340 e. The number of benzene rings is 2. The summed E-state index contributed by atoms with van der Waals surface area (Å²) in [6.07, 6.45) is 1.34. The van der Waals surface area contributed by atoms with Crippen LogP contribution in [-0.2, 0) is 5.41 Å². The van der Waals surface area contributed by atoms with E-state index in [1.807, 2.05) is 30.3 Å². The summed E-state index contributed by atoms with van der Waals surface area (Å²) >= 11 is 0. The van der Waals surface area contributed by atoms with Gasteiger partial charge >= 0.3 is 0 Å². The third-order valence-electron chi connectivity index (χ3n) is 4.42. The van der Waals surface area contributed by atoms with Gasteiger partial charge in [-0.05, 0) is 36.1 Å². The fraction of sp³-hybridized carbons (Fsp3) is 0.217. The maximum absolute atomic E-state index is 12.8. The van der Waals surface area contributed by atoms with Crippen LogP contribution >= 0.6 is 0 Å². The summed E-state index contributed by atoms with van der Waals surface area (Å²) < 4.78 is 0. The summed E-state index contributed by atoms with van der Waals surface area (Å²) in [4.78, 5) is 32.6. The fourth-order valence-corrected chi connectivity index (χ4v) is 2.95. The molecule has 0 atom stereocenters. The van der Waals surface area contributed by atoms with E-state index in [9.17, 15) is 9.59 Å². The molecule has 0 aliphatic heterocycles. The predicted molar refractivity (Wildman–Crippen MR) is 115 cm³/mol. The summed E-state index contributed by atoms with van der Waals surface area (Å²) in [5, 5.41) is 6.06. The third kappa shape index (κ3) is 5.04. The summed E-state index contributed by atoms with van der Waals surface area (Å²) in [5.74, 6) is 0.133. The highest BCUT2D eigenvalue weighted by Crippen LogP contribution is 2.29. The van der Waals surface area contributed by atoms with Crippen molar-refractivity contribution < 1.29 is 9.59 Å². The van der Waals surface area contributed by atoms with E-state index in [0.717, 1.165) is 11.3 Å². The molecule has 148 valence electrons. The minimum atomic E-state index is -0.315. The molecule has 6 nitrogen and oxygen atoms in total. The smallest absolute Gasteiger partial charge is 0.274 e. The molecule has 1 amide bonds. The Balaban J connectivity index is 1.81. The molecule has 0 saturated heterocycles. The summed E-state index contributed by atoms with van der Waals surface area (Å²) in [7, 11) is 0. The molecule has 2 N–H and O–H groups in total. The molecule has 3 aromatic rings. The Morgan fingerprint density at radius 1 is 0.931 bits per heavy atom. The number of rotatable bonds is 5. The average Bonchev–Trinajstić information content (AvgIpc) is 2.68. The molecule has 0 saturated carbocycles. The Hall–Kier alpha value is -3.54. The van der Waals surface area contributed by atoms with Crippen molar-refractivity contribution in [2.75, 3.05) is 10.6 Å². The quantitative estimate of drug-likeness (QED) is 0.603. The van der Waals surface area contributed by atoms with Crippen molar-refractivity contribution >= 4 is 28.9 Å². The van der Waals surface area contributed by atoms with Gasteiger partial charge in [0.25, 0.3) is 5.91 Å². The van der Waals surface area contributed by atoms with Crippen LogP contribution in [0.2, 0.25) is 0 Å². The van der Waals surface area contributed by atoms with E-state index in [0.29, 0.717) is 17.1 Å². The van der Waals surface area contributed by atoms with Gasteiger partial charge in [0.2, 0.25) is 0 Å². The van der Waals surface area contributed by atoms with Crippen LogP contribution in [0, 0.1) is 0 Å². The maximum Gasteiger partial charge on any atom is 0.274 e. The van der Waals surface area contributed by atoms with Gasteiger partial charge in [-0.15, -0.1) is 0 Å². The molecule has 0 spiro atoms. The first kappa shape index (κ1) is 20.2. The summed E-state index contributed by atoms with van der Waals surface area (Å²) in [5.41, 5.74) is 3.24. The second-order valence-corrected chi connectivity index (χ2v) is 7.80. The Bertz CT molecular complexity index is 1050. The van der Waals surface area contributed by atoms with E-state index < -0.39 is 0 Å². The van der Waals surface area contributed by atoms with Gasteiger partial charge in [0.1, 0.15) is 17.8 Å². The number of para-hydroxylation sites is 1. The fourth-order valence-electron chi connectivity index (χ4n) is 2.95. The lowest BCUT2D eigenvalue weighted by atomic mass is 9.86. The van der Waals surface area contributed by atoms with E-state index >= 15 is 0 Å². The monoisotopic (exact) mass is 388 g/mol. The number of nitrogens with zero attached hydrogens (tertiary/aromatic N) is 2. The molecule has 1 aromatic heterocycles. The molecule has 2 aromatic carbocycles. The normalized spacial score (nSPS) is 11.0. The van der Waals surface area contributed by atoms with Crippen molar-refractivity contribution in [2.24, 2.45) is 0 Å². The minimum Gasteiger partial charge on any atom is -0.340 e. The van der Waals surface area contributed by atoms with Crippen LogP contribution in [0.4, 0.5) is 17.2 Å². The van der Waals surface area contributed by atoms with Crippen LogP contribution < -0.4 is 10.6 Å².